The van der Waals surface area contributed by atoms with E-state index >= 15 is 0 Å². The van der Waals surface area contributed by atoms with E-state index in [1.807, 2.05) is 0 Å². The summed E-state index contributed by atoms with van der Waals surface area (Å²) in [5.41, 5.74) is 2.29. The SMILES string of the molecule is CC(=O)NC1=NNC(S(=O)(=O)NC(C)=O)S1. The number of nitrogens with one attached hydrogen (secondary N) is 3. The van der Waals surface area contributed by atoms with Crippen LogP contribution in [0.4, 0.5) is 0 Å². The van der Waals surface area contributed by atoms with Crippen LogP contribution in [0.15, 0.2) is 5.10 Å². The predicted octanol–water partition coefficient (Wildman–Crippen LogP) is -1.52. The van der Waals surface area contributed by atoms with Crippen molar-refractivity contribution in [3.8, 4) is 0 Å². The molecular weight excluding hydrogens is 256 g/mol. The van der Waals surface area contributed by atoms with Gasteiger partial charge in [-0.15, -0.1) is 0 Å². The quantitative estimate of drug-likeness (QED) is 0.559. The highest BCUT2D eigenvalue weighted by Crippen LogP contribution is 2.19. The Bertz CT molecular complexity index is 443. The van der Waals surface area contributed by atoms with Crippen LogP contribution in [0.3, 0.4) is 0 Å². The van der Waals surface area contributed by atoms with Gasteiger partial charge in [0.1, 0.15) is 0 Å². The Morgan fingerprint density at radius 3 is 2.50 bits per heavy atom. The molecule has 10 heteroatoms. The molecule has 1 rings (SSSR count). The van der Waals surface area contributed by atoms with Crippen LogP contribution in [0.25, 0.3) is 0 Å². The zero-order valence-electron chi connectivity index (χ0n) is 8.47. The summed E-state index contributed by atoms with van der Waals surface area (Å²) in [4.78, 5) is 21.3. The van der Waals surface area contributed by atoms with Crippen molar-refractivity contribution in [1.29, 1.82) is 0 Å². The van der Waals surface area contributed by atoms with Crippen molar-refractivity contribution in [2.24, 2.45) is 5.10 Å². The van der Waals surface area contributed by atoms with Crippen LogP contribution in [0, 0.1) is 0 Å². The minimum absolute atomic E-state index is 0.145. The van der Waals surface area contributed by atoms with Gasteiger partial charge in [-0.05, 0) is 11.8 Å². The molecule has 0 aromatic rings. The zero-order chi connectivity index (χ0) is 12.3. The van der Waals surface area contributed by atoms with Crippen molar-refractivity contribution in [2.45, 2.75) is 18.6 Å². The van der Waals surface area contributed by atoms with Gasteiger partial charge in [0.25, 0.3) is 10.0 Å². The Morgan fingerprint density at radius 2 is 2.00 bits per heavy atom. The van der Waals surface area contributed by atoms with E-state index in [1.165, 1.54) is 6.92 Å². The maximum atomic E-state index is 11.5. The van der Waals surface area contributed by atoms with Crippen molar-refractivity contribution in [2.75, 3.05) is 0 Å². The Hall–Kier alpha value is -1.29. The molecule has 1 aliphatic heterocycles. The third-order valence-electron chi connectivity index (χ3n) is 1.34. The molecule has 1 aliphatic rings. The normalized spacial score (nSPS) is 19.6. The third kappa shape index (κ3) is 3.38. The number of hydrogen-bond acceptors (Lipinski definition) is 7. The Balaban J connectivity index is 2.62. The molecule has 8 nitrogen and oxygen atoms in total. The number of carbonyl (C=O) groups excluding carboxylic acids is 2. The maximum Gasteiger partial charge on any atom is 0.267 e. The highest BCUT2D eigenvalue weighted by Gasteiger charge is 2.32. The van der Waals surface area contributed by atoms with E-state index in [4.69, 9.17) is 0 Å². The third-order valence-corrected chi connectivity index (χ3v) is 4.37. The molecule has 1 unspecified atom stereocenters. The molecule has 0 aliphatic carbocycles. The first kappa shape index (κ1) is 12.8. The fourth-order valence-electron chi connectivity index (χ4n) is 0.860. The van der Waals surface area contributed by atoms with Crippen LogP contribution >= 0.6 is 11.8 Å². The number of rotatable bonds is 2. The monoisotopic (exact) mass is 266 g/mol. The molecule has 0 saturated heterocycles. The zero-order valence-corrected chi connectivity index (χ0v) is 10.1. The highest BCUT2D eigenvalue weighted by molar-refractivity contribution is 8.22. The molecule has 16 heavy (non-hydrogen) atoms. The molecule has 1 atom stereocenters. The minimum atomic E-state index is -3.84. The summed E-state index contributed by atoms with van der Waals surface area (Å²) in [6.45, 7) is 2.37. The summed E-state index contributed by atoms with van der Waals surface area (Å²) in [6.07, 6.45) is 0. The van der Waals surface area contributed by atoms with Crippen LogP contribution in [0.2, 0.25) is 0 Å². The Morgan fingerprint density at radius 1 is 1.38 bits per heavy atom. The van der Waals surface area contributed by atoms with Crippen LogP contribution in [-0.2, 0) is 19.6 Å². The second-order valence-electron chi connectivity index (χ2n) is 2.88. The van der Waals surface area contributed by atoms with Crippen molar-refractivity contribution in [1.82, 2.24) is 15.5 Å². The summed E-state index contributed by atoms with van der Waals surface area (Å²) in [5, 5.41) is 6.07. The molecule has 90 valence electrons. The number of carbonyl (C=O) groups is 2. The molecule has 0 saturated carbocycles. The second-order valence-corrected chi connectivity index (χ2v) is 6.04. The number of thioether (sulfide) groups is 1. The lowest BCUT2D eigenvalue weighted by molar-refractivity contribution is -0.118. The van der Waals surface area contributed by atoms with Crippen molar-refractivity contribution in [3.63, 3.8) is 0 Å². The summed E-state index contributed by atoms with van der Waals surface area (Å²) in [6, 6.07) is 0. The average molecular weight is 266 g/mol. The maximum absolute atomic E-state index is 11.5. The molecule has 0 aromatic heterocycles. The fraction of sp³-hybridized carbons (Fsp3) is 0.500. The highest BCUT2D eigenvalue weighted by atomic mass is 32.3. The van der Waals surface area contributed by atoms with Gasteiger partial charge in [-0.3, -0.25) is 19.7 Å². The van der Waals surface area contributed by atoms with E-state index in [0.29, 0.717) is 0 Å². The van der Waals surface area contributed by atoms with Crippen LogP contribution in [0.5, 0.6) is 0 Å². The summed E-state index contributed by atoms with van der Waals surface area (Å²) in [5.74, 6) is -1.04. The Labute approximate surface area is 96.3 Å². The van der Waals surface area contributed by atoms with Crippen LogP contribution in [0.1, 0.15) is 13.8 Å². The van der Waals surface area contributed by atoms with Crippen LogP contribution < -0.4 is 15.5 Å². The summed E-state index contributed by atoms with van der Waals surface area (Å²) < 4.78 is 23.6. The van der Waals surface area contributed by atoms with Gasteiger partial charge in [0, 0.05) is 13.8 Å². The number of hydrogen-bond donors (Lipinski definition) is 3. The largest absolute Gasteiger partial charge is 0.304 e. The van der Waals surface area contributed by atoms with E-state index in [2.05, 4.69) is 15.8 Å². The van der Waals surface area contributed by atoms with E-state index in [9.17, 15) is 18.0 Å². The number of amidine groups is 1. The van der Waals surface area contributed by atoms with Gasteiger partial charge < -0.3 is 5.32 Å². The summed E-state index contributed by atoms with van der Waals surface area (Å²) >= 11 is 0.792. The van der Waals surface area contributed by atoms with Crippen LogP contribution in [-0.4, -0.2) is 30.1 Å². The standard InChI is InChI=1S/C6H10N4O4S2/c1-3(11)7-5-8-9-6(15-5)16(13,14)10-4(2)12/h6,9H,1-2H3,(H,10,12)(H,7,8,11). The molecule has 3 N–H and O–H groups in total. The van der Waals surface area contributed by atoms with Gasteiger partial charge in [0.05, 0.1) is 0 Å². The fourth-order valence-corrected chi connectivity index (χ4v) is 3.10. The number of amides is 2. The first-order chi connectivity index (χ1) is 7.31. The van der Waals surface area contributed by atoms with Gasteiger partial charge in [-0.1, -0.05) is 0 Å². The van der Waals surface area contributed by atoms with Gasteiger partial charge in [0.15, 0.2) is 5.17 Å². The molecule has 1 heterocycles. The van der Waals surface area contributed by atoms with E-state index < -0.39 is 20.6 Å². The lowest BCUT2D eigenvalue weighted by Crippen LogP contribution is -2.40. The van der Waals surface area contributed by atoms with Crippen molar-refractivity contribution >= 4 is 38.8 Å². The van der Waals surface area contributed by atoms with E-state index in [-0.39, 0.29) is 11.1 Å². The lowest BCUT2D eigenvalue weighted by Gasteiger charge is -2.10. The van der Waals surface area contributed by atoms with Crippen molar-refractivity contribution in [3.05, 3.63) is 0 Å². The lowest BCUT2D eigenvalue weighted by atomic mass is 10.7. The molecular formula is C6H10N4O4S2. The summed E-state index contributed by atoms with van der Waals surface area (Å²) in [7, 11) is -3.84. The van der Waals surface area contributed by atoms with Crippen molar-refractivity contribution < 1.29 is 18.0 Å². The smallest absolute Gasteiger partial charge is 0.267 e. The molecule has 2 amide bonds. The molecule has 0 spiro atoms. The number of nitrogens with zero attached hydrogens (tertiary/aromatic N) is 1. The van der Waals surface area contributed by atoms with Gasteiger partial charge >= 0.3 is 0 Å². The first-order valence-electron chi connectivity index (χ1n) is 4.11. The Kier molecular flexibility index (Phi) is 3.75. The first-order valence-corrected chi connectivity index (χ1v) is 6.53. The minimum Gasteiger partial charge on any atom is -0.304 e. The predicted molar refractivity (Wildman–Crippen MR) is 58.5 cm³/mol. The second kappa shape index (κ2) is 4.70. The molecule has 0 radical (unpaired) electrons. The van der Waals surface area contributed by atoms with Gasteiger partial charge in [-0.2, -0.15) is 5.10 Å². The molecule has 0 bridgehead atoms. The number of sulfonamides is 1. The van der Waals surface area contributed by atoms with E-state index in [0.717, 1.165) is 18.7 Å². The molecule has 0 fully saturated rings. The van der Waals surface area contributed by atoms with Gasteiger partial charge in [-0.25, -0.2) is 8.42 Å². The average Bonchev–Trinajstić information content (AvgIpc) is 2.49. The number of hydrazone groups is 1. The topological polar surface area (TPSA) is 117 Å². The molecule has 0 aromatic carbocycles. The van der Waals surface area contributed by atoms with E-state index in [1.54, 1.807) is 4.72 Å². The van der Waals surface area contributed by atoms with Gasteiger partial charge in [0.2, 0.25) is 16.5 Å².